The Balaban J connectivity index is 2.26. The fourth-order valence-electron chi connectivity index (χ4n) is 2.17. The van der Waals surface area contributed by atoms with Crippen molar-refractivity contribution in [3.63, 3.8) is 0 Å². The van der Waals surface area contributed by atoms with Crippen molar-refractivity contribution in [2.45, 2.75) is 19.4 Å². The molecule has 0 amide bonds. The quantitative estimate of drug-likeness (QED) is 0.764. The Morgan fingerprint density at radius 1 is 1.58 bits per heavy atom. The second kappa shape index (κ2) is 5.44. The highest BCUT2D eigenvalue weighted by molar-refractivity contribution is 5.88. The van der Waals surface area contributed by atoms with Gasteiger partial charge in [-0.05, 0) is 24.5 Å². The first kappa shape index (κ1) is 13.6. The van der Waals surface area contributed by atoms with Gasteiger partial charge in [-0.1, -0.05) is 6.92 Å². The standard InChI is InChI=1S/C13H19N3O3/c1-8-5-6-16(7-11(8)17)12-9(14)3-4-10(15-12)13(18)19-2/h3-4,8,11,17H,5-7,14H2,1-2H3. The van der Waals surface area contributed by atoms with Crippen molar-refractivity contribution in [1.29, 1.82) is 0 Å². The number of aromatic nitrogens is 1. The number of pyridine rings is 1. The number of ether oxygens (including phenoxy) is 1. The summed E-state index contributed by atoms with van der Waals surface area (Å²) in [5, 5.41) is 9.92. The van der Waals surface area contributed by atoms with Gasteiger partial charge in [0.2, 0.25) is 0 Å². The Morgan fingerprint density at radius 2 is 2.32 bits per heavy atom. The van der Waals surface area contributed by atoms with Crippen LogP contribution in [0, 0.1) is 5.92 Å². The number of nitrogen functional groups attached to an aromatic ring is 1. The van der Waals surface area contributed by atoms with Crippen molar-refractivity contribution >= 4 is 17.5 Å². The van der Waals surface area contributed by atoms with Gasteiger partial charge in [-0.2, -0.15) is 0 Å². The zero-order valence-corrected chi connectivity index (χ0v) is 11.2. The lowest BCUT2D eigenvalue weighted by Crippen LogP contribution is -2.43. The number of carbonyl (C=O) groups excluding carboxylic acids is 1. The van der Waals surface area contributed by atoms with E-state index in [-0.39, 0.29) is 11.6 Å². The van der Waals surface area contributed by atoms with Gasteiger partial charge < -0.3 is 20.5 Å². The fourth-order valence-corrected chi connectivity index (χ4v) is 2.17. The Kier molecular flexibility index (Phi) is 3.90. The highest BCUT2D eigenvalue weighted by atomic mass is 16.5. The van der Waals surface area contributed by atoms with Gasteiger partial charge in [-0.3, -0.25) is 0 Å². The summed E-state index contributed by atoms with van der Waals surface area (Å²) in [6.45, 7) is 3.26. The summed E-state index contributed by atoms with van der Waals surface area (Å²) >= 11 is 0. The van der Waals surface area contributed by atoms with Gasteiger partial charge >= 0.3 is 5.97 Å². The molecular weight excluding hydrogens is 246 g/mol. The summed E-state index contributed by atoms with van der Waals surface area (Å²) < 4.78 is 4.65. The maximum absolute atomic E-state index is 11.5. The molecule has 104 valence electrons. The summed E-state index contributed by atoms with van der Waals surface area (Å²) in [5.74, 6) is 0.308. The van der Waals surface area contributed by atoms with Gasteiger partial charge in [0, 0.05) is 13.1 Å². The van der Waals surface area contributed by atoms with Crippen LogP contribution in [0.3, 0.4) is 0 Å². The lowest BCUT2D eigenvalue weighted by molar-refractivity contribution is 0.0594. The van der Waals surface area contributed by atoms with Crippen LogP contribution in [0.25, 0.3) is 0 Å². The number of β-amino-alcohol motifs (C(OH)–C–C–N with tert-alkyl or cyclic N) is 1. The summed E-state index contributed by atoms with van der Waals surface area (Å²) in [4.78, 5) is 17.6. The molecule has 2 atom stereocenters. The zero-order valence-electron chi connectivity index (χ0n) is 11.2. The molecule has 0 saturated carbocycles. The Morgan fingerprint density at radius 3 is 2.95 bits per heavy atom. The largest absolute Gasteiger partial charge is 0.464 e. The molecule has 6 heteroatoms. The first-order valence-corrected chi connectivity index (χ1v) is 6.30. The molecule has 1 aromatic heterocycles. The monoisotopic (exact) mass is 265 g/mol. The average molecular weight is 265 g/mol. The summed E-state index contributed by atoms with van der Waals surface area (Å²) in [6, 6.07) is 3.17. The van der Waals surface area contributed by atoms with Crippen LogP contribution in [0.1, 0.15) is 23.8 Å². The average Bonchev–Trinajstić information content (AvgIpc) is 2.41. The molecule has 6 nitrogen and oxygen atoms in total. The zero-order chi connectivity index (χ0) is 14.0. The van der Waals surface area contributed by atoms with E-state index in [1.165, 1.54) is 13.2 Å². The Bertz CT molecular complexity index is 478. The first-order valence-electron chi connectivity index (χ1n) is 6.30. The van der Waals surface area contributed by atoms with Gasteiger partial charge in [-0.25, -0.2) is 9.78 Å². The maximum Gasteiger partial charge on any atom is 0.356 e. The summed E-state index contributed by atoms with van der Waals surface area (Å²) in [5.41, 5.74) is 6.62. The van der Waals surface area contributed by atoms with Gasteiger partial charge in [0.1, 0.15) is 0 Å². The predicted octanol–water partition coefficient (Wildman–Crippen LogP) is 0.657. The van der Waals surface area contributed by atoms with E-state index in [0.29, 0.717) is 18.1 Å². The highest BCUT2D eigenvalue weighted by Crippen LogP contribution is 2.26. The number of esters is 1. The number of hydrogen-bond acceptors (Lipinski definition) is 6. The summed E-state index contributed by atoms with van der Waals surface area (Å²) in [7, 11) is 1.31. The lowest BCUT2D eigenvalue weighted by Gasteiger charge is -2.35. The molecule has 1 saturated heterocycles. The molecule has 0 aromatic carbocycles. The molecule has 0 bridgehead atoms. The number of aliphatic hydroxyl groups is 1. The third kappa shape index (κ3) is 2.78. The maximum atomic E-state index is 11.5. The van der Waals surface area contributed by atoms with Crippen LogP contribution in [-0.4, -0.2) is 42.4 Å². The van der Waals surface area contributed by atoms with Crippen LogP contribution in [0.4, 0.5) is 11.5 Å². The van der Waals surface area contributed by atoms with E-state index in [0.717, 1.165) is 13.0 Å². The molecule has 0 spiro atoms. The topological polar surface area (TPSA) is 88.7 Å². The molecule has 2 unspecified atom stereocenters. The number of piperidine rings is 1. The van der Waals surface area contributed by atoms with Crippen molar-refractivity contribution in [2.75, 3.05) is 30.8 Å². The number of carbonyl (C=O) groups is 1. The SMILES string of the molecule is COC(=O)c1ccc(N)c(N2CCC(C)C(O)C2)n1. The normalized spacial score (nSPS) is 23.2. The Hall–Kier alpha value is -1.82. The number of nitrogens with two attached hydrogens (primary N) is 1. The number of rotatable bonds is 2. The van der Waals surface area contributed by atoms with E-state index in [9.17, 15) is 9.90 Å². The molecule has 1 aliphatic heterocycles. The number of anilines is 2. The molecule has 1 aliphatic rings. The van der Waals surface area contributed by atoms with E-state index in [2.05, 4.69) is 9.72 Å². The molecular formula is C13H19N3O3. The van der Waals surface area contributed by atoms with Gasteiger partial charge in [0.15, 0.2) is 11.5 Å². The van der Waals surface area contributed by atoms with Crippen molar-refractivity contribution in [3.8, 4) is 0 Å². The molecule has 1 aromatic rings. The van der Waals surface area contributed by atoms with Crippen LogP contribution in [-0.2, 0) is 4.74 Å². The molecule has 2 heterocycles. The summed E-state index contributed by atoms with van der Waals surface area (Å²) in [6.07, 6.45) is 0.460. The van der Waals surface area contributed by atoms with Crippen LogP contribution >= 0.6 is 0 Å². The van der Waals surface area contributed by atoms with E-state index in [1.54, 1.807) is 6.07 Å². The highest BCUT2D eigenvalue weighted by Gasteiger charge is 2.26. The second-order valence-corrected chi connectivity index (χ2v) is 4.88. The van der Waals surface area contributed by atoms with Crippen LogP contribution < -0.4 is 10.6 Å². The van der Waals surface area contributed by atoms with E-state index >= 15 is 0 Å². The van der Waals surface area contributed by atoms with Gasteiger partial charge in [-0.15, -0.1) is 0 Å². The lowest BCUT2D eigenvalue weighted by atomic mass is 9.96. The number of aliphatic hydroxyl groups excluding tert-OH is 1. The first-order chi connectivity index (χ1) is 9.02. The number of hydrogen-bond donors (Lipinski definition) is 2. The van der Waals surface area contributed by atoms with Crippen LogP contribution in [0.2, 0.25) is 0 Å². The third-order valence-electron chi connectivity index (χ3n) is 3.52. The molecule has 0 radical (unpaired) electrons. The van der Waals surface area contributed by atoms with Crippen molar-refractivity contribution in [1.82, 2.24) is 4.98 Å². The molecule has 2 rings (SSSR count). The molecule has 1 fully saturated rings. The van der Waals surface area contributed by atoms with E-state index in [4.69, 9.17) is 5.73 Å². The minimum absolute atomic E-state index is 0.222. The smallest absolute Gasteiger partial charge is 0.356 e. The van der Waals surface area contributed by atoms with E-state index in [1.807, 2.05) is 11.8 Å². The van der Waals surface area contributed by atoms with Crippen LogP contribution in [0.5, 0.6) is 0 Å². The van der Waals surface area contributed by atoms with E-state index < -0.39 is 12.1 Å². The van der Waals surface area contributed by atoms with Crippen molar-refractivity contribution in [3.05, 3.63) is 17.8 Å². The van der Waals surface area contributed by atoms with Crippen molar-refractivity contribution < 1.29 is 14.6 Å². The Labute approximate surface area is 112 Å². The van der Waals surface area contributed by atoms with Gasteiger partial charge in [0.25, 0.3) is 0 Å². The van der Waals surface area contributed by atoms with Crippen LogP contribution in [0.15, 0.2) is 12.1 Å². The minimum Gasteiger partial charge on any atom is -0.464 e. The van der Waals surface area contributed by atoms with Crippen molar-refractivity contribution in [2.24, 2.45) is 5.92 Å². The predicted molar refractivity (Wildman–Crippen MR) is 72.0 cm³/mol. The number of nitrogens with zero attached hydrogens (tertiary/aromatic N) is 2. The molecule has 0 aliphatic carbocycles. The minimum atomic E-state index is -0.493. The third-order valence-corrected chi connectivity index (χ3v) is 3.52. The second-order valence-electron chi connectivity index (χ2n) is 4.88. The fraction of sp³-hybridized carbons (Fsp3) is 0.538. The molecule has 19 heavy (non-hydrogen) atoms. The van der Waals surface area contributed by atoms with Gasteiger partial charge in [0.05, 0.1) is 18.9 Å². The molecule has 3 N–H and O–H groups in total. The number of methoxy groups -OCH3 is 1.